The van der Waals surface area contributed by atoms with Crippen molar-refractivity contribution in [2.24, 2.45) is 0 Å². The molecule has 0 aliphatic rings. The summed E-state index contributed by atoms with van der Waals surface area (Å²) in [5.41, 5.74) is 1.47. The minimum atomic E-state index is 0.0196. The van der Waals surface area contributed by atoms with Crippen molar-refractivity contribution in [1.29, 1.82) is 0 Å². The third kappa shape index (κ3) is 2.67. The van der Waals surface area contributed by atoms with E-state index in [4.69, 9.17) is 4.98 Å². The van der Waals surface area contributed by atoms with Crippen LogP contribution in [0.3, 0.4) is 0 Å². The predicted octanol–water partition coefficient (Wildman–Crippen LogP) is 1.60. The molecular formula is C15H22N4O. The lowest BCUT2D eigenvalue weighted by Gasteiger charge is -2.24. The summed E-state index contributed by atoms with van der Waals surface area (Å²) in [6.07, 6.45) is 1.77. The van der Waals surface area contributed by atoms with Gasteiger partial charge in [-0.15, -0.1) is 0 Å². The van der Waals surface area contributed by atoms with Gasteiger partial charge in [0.05, 0.1) is 5.56 Å². The fourth-order valence-electron chi connectivity index (χ4n) is 2.35. The Morgan fingerprint density at radius 3 is 2.50 bits per heavy atom. The summed E-state index contributed by atoms with van der Waals surface area (Å²) < 4.78 is 1.62. The molecule has 0 saturated heterocycles. The summed E-state index contributed by atoms with van der Waals surface area (Å²) >= 11 is 0. The fourth-order valence-corrected chi connectivity index (χ4v) is 2.35. The van der Waals surface area contributed by atoms with Gasteiger partial charge in [0.2, 0.25) is 0 Å². The molecule has 2 aromatic rings. The van der Waals surface area contributed by atoms with E-state index in [9.17, 15) is 4.79 Å². The Bertz CT molecular complexity index is 644. The van der Waals surface area contributed by atoms with E-state index >= 15 is 0 Å². The van der Waals surface area contributed by atoms with Gasteiger partial charge in [-0.2, -0.15) is 0 Å². The molecule has 0 amide bonds. The molecule has 0 bridgehead atoms. The highest BCUT2D eigenvalue weighted by molar-refractivity contribution is 5.53. The molecule has 2 rings (SSSR count). The Kier molecular flexibility index (Phi) is 4.39. The molecule has 20 heavy (non-hydrogen) atoms. The summed E-state index contributed by atoms with van der Waals surface area (Å²) in [6.45, 7) is 6.43. The number of hydrogen-bond acceptors (Lipinski definition) is 4. The smallest absolute Gasteiger partial charge is 0.264 e. The first-order valence-corrected chi connectivity index (χ1v) is 6.98. The highest BCUT2D eigenvalue weighted by Gasteiger charge is 2.17. The van der Waals surface area contributed by atoms with E-state index in [0.29, 0.717) is 12.2 Å². The van der Waals surface area contributed by atoms with Crippen molar-refractivity contribution in [3.05, 3.63) is 40.3 Å². The maximum absolute atomic E-state index is 12.7. The average Bonchev–Trinajstić information content (AvgIpc) is 2.44. The topological polar surface area (TPSA) is 40.9 Å². The largest absolute Gasteiger partial charge is 0.357 e. The minimum Gasteiger partial charge on any atom is -0.357 e. The molecule has 0 atom stereocenters. The summed E-state index contributed by atoms with van der Waals surface area (Å²) in [7, 11) is 3.93. The van der Waals surface area contributed by atoms with Gasteiger partial charge in [0.1, 0.15) is 11.5 Å². The van der Waals surface area contributed by atoms with Crippen molar-refractivity contribution >= 4 is 11.5 Å². The van der Waals surface area contributed by atoms with Crippen LogP contribution in [0.25, 0.3) is 5.65 Å². The van der Waals surface area contributed by atoms with Crippen LogP contribution in [0.1, 0.15) is 19.4 Å². The second-order valence-corrected chi connectivity index (χ2v) is 5.06. The Morgan fingerprint density at radius 2 is 1.90 bits per heavy atom. The molecule has 0 aromatic carbocycles. The van der Waals surface area contributed by atoms with Crippen molar-refractivity contribution < 1.29 is 0 Å². The van der Waals surface area contributed by atoms with Crippen LogP contribution in [0.5, 0.6) is 0 Å². The first kappa shape index (κ1) is 14.5. The summed E-state index contributed by atoms with van der Waals surface area (Å²) in [6, 6.07) is 5.62. The molecule has 0 N–H and O–H groups in total. The van der Waals surface area contributed by atoms with Crippen molar-refractivity contribution in [3.8, 4) is 0 Å². The van der Waals surface area contributed by atoms with Gasteiger partial charge in [-0.25, -0.2) is 4.98 Å². The standard InChI is InChI=1S/C15H22N4O/c1-5-18(6-2)14-12(11-17(3)4)15(20)19-10-8-7-9-13(19)16-14/h7-10H,5-6,11H2,1-4H3. The van der Waals surface area contributed by atoms with Gasteiger partial charge in [-0.3, -0.25) is 9.20 Å². The Morgan fingerprint density at radius 1 is 1.20 bits per heavy atom. The van der Waals surface area contributed by atoms with Crippen LogP contribution in [-0.4, -0.2) is 41.5 Å². The van der Waals surface area contributed by atoms with Gasteiger partial charge in [-0.05, 0) is 40.1 Å². The Labute approximate surface area is 119 Å². The van der Waals surface area contributed by atoms with Gasteiger partial charge in [0.25, 0.3) is 5.56 Å². The zero-order valence-corrected chi connectivity index (χ0v) is 12.6. The third-order valence-corrected chi connectivity index (χ3v) is 3.34. The van der Waals surface area contributed by atoms with E-state index in [0.717, 1.165) is 24.5 Å². The van der Waals surface area contributed by atoms with Crippen LogP contribution in [-0.2, 0) is 6.54 Å². The molecule has 0 saturated carbocycles. The lowest BCUT2D eigenvalue weighted by atomic mass is 10.2. The van der Waals surface area contributed by atoms with Crippen LogP contribution in [0.4, 0.5) is 5.82 Å². The zero-order chi connectivity index (χ0) is 14.7. The number of pyridine rings is 1. The van der Waals surface area contributed by atoms with E-state index in [2.05, 4.69) is 18.7 Å². The summed E-state index contributed by atoms with van der Waals surface area (Å²) in [5, 5.41) is 0. The lowest BCUT2D eigenvalue weighted by molar-refractivity contribution is 0.399. The van der Waals surface area contributed by atoms with E-state index in [1.165, 1.54) is 0 Å². The average molecular weight is 274 g/mol. The second kappa shape index (κ2) is 6.05. The maximum Gasteiger partial charge on any atom is 0.264 e. The van der Waals surface area contributed by atoms with Gasteiger partial charge in [0.15, 0.2) is 0 Å². The molecule has 108 valence electrons. The maximum atomic E-state index is 12.7. The van der Waals surface area contributed by atoms with Crippen molar-refractivity contribution in [2.75, 3.05) is 32.1 Å². The van der Waals surface area contributed by atoms with E-state index in [1.54, 1.807) is 10.6 Å². The fraction of sp³-hybridized carbons (Fsp3) is 0.467. The van der Waals surface area contributed by atoms with E-state index < -0.39 is 0 Å². The van der Waals surface area contributed by atoms with Gasteiger partial charge >= 0.3 is 0 Å². The number of hydrogen-bond donors (Lipinski definition) is 0. The molecule has 0 aliphatic carbocycles. The van der Waals surface area contributed by atoms with Crippen LogP contribution in [0, 0.1) is 0 Å². The van der Waals surface area contributed by atoms with Gasteiger partial charge < -0.3 is 9.80 Å². The van der Waals surface area contributed by atoms with Gasteiger partial charge in [0, 0.05) is 25.8 Å². The first-order chi connectivity index (χ1) is 9.58. The number of anilines is 1. The molecule has 5 nitrogen and oxygen atoms in total. The second-order valence-electron chi connectivity index (χ2n) is 5.06. The van der Waals surface area contributed by atoms with Crippen LogP contribution >= 0.6 is 0 Å². The van der Waals surface area contributed by atoms with Crippen molar-refractivity contribution in [2.45, 2.75) is 20.4 Å². The third-order valence-electron chi connectivity index (χ3n) is 3.34. The summed E-state index contributed by atoms with van der Waals surface area (Å²) in [5.74, 6) is 0.805. The molecule has 5 heteroatoms. The number of fused-ring (bicyclic) bond motifs is 1. The van der Waals surface area contributed by atoms with Crippen LogP contribution in [0.2, 0.25) is 0 Å². The predicted molar refractivity (Wildman–Crippen MR) is 82.4 cm³/mol. The van der Waals surface area contributed by atoms with Crippen molar-refractivity contribution in [3.63, 3.8) is 0 Å². The Hall–Kier alpha value is -1.88. The van der Waals surface area contributed by atoms with Crippen LogP contribution in [0.15, 0.2) is 29.2 Å². The summed E-state index contributed by atoms with van der Waals surface area (Å²) in [4.78, 5) is 21.5. The molecule has 0 spiro atoms. The highest BCUT2D eigenvalue weighted by Crippen LogP contribution is 2.17. The Balaban J connectivity index is 2.72. The SMILES string of the molecule is CCN(CC)c1nc2ccccn2c(=O)c1CN(C)C. The quantitative estimate of drug-likeness (QED) is 0.830. The van der Waals surface area contributed by atoms with E-state index in [1.807, 2.05) is 37.2 Å². The normalized spacial score (nSPS) is 11.2. The first-order valence-electron chi connectivity index (χ1n) is 6.98. The number of nitrogens with zero attached hydrogens (tertiary/aromatic N) is 4. The number of rotatable bonds is 5. The molecule has 0 fully saturated rings. The minimum absolute atomic E-state index is 0.0196. The van der Waals surface area contributed by atoms with E-state index in [-0.39, 0.29) is 5.56 Å². The zero-order valence-electron chi connectivity index (χ0n) is 12.6. The van der Waals surface area contributed by atoms with Crippen LogP contribution < -0.4 is 10.5 Å². The van der Waals surface area contributed by atoms with Crippen molar-refractivity contribution in [1.82, 2.24) is 14.3 Å². The molecular weight excluding hydrogens is 252 g/mol. The monoisotopic (exact) mass is 274 g/mol. The number of aromatic nitrogens is 2. The molecule has 2 aromatic heterocycles. The molecule has 0 radical (unpaired) electrons. The lowest BCUT2D eigenvalue weighted by Crippen LogP contribution is -2.32. The molecule has 0 unspecified atom stereocenters. The highest BCUT2D eigenvalue weighted by atomic mass is 16.1. The molecule has 0 aliphatic heterocycles. The van der Waals surface area contributed by atoms with Gasteiger partial charge in [-0.1, -0.05) is 6.07 Å². The molecule has 2 heterocycles.